The Labute approximate surface area is 102 Å². The molecule has 0 spiro atoms. The minimum Gasteiger partial charge on any atom is -0.348 e. The molecule has 0 aliphatic carbocycles. The number of amidine groups is 1. The van der Waals surface area contributed by atoms with Crippen molar-refractivity contribution in [3.05, 3.63) is 0 Å². The maximum absolute atomic E-state index is 8.59. The SMILES string of the molecule is CCC(C)N1CCN(C(=NC#N)SC)CC1. The van der Waals surface area contributed by atoms with E-state index in [9.17, 15) is 0 Å². The molecule has 90 valence electrons. The molecule has 0 saturated carbocycles. The average molecular weight is 240 g/mol. The quantitative estimate of drug-likeness (QED) is 0.418. The lowest BCUT2D eigenvalue weighted by molar-refractivity contribution is 0.139. The monoisotopic (exact) mass is 240 g/mol. The summed E-state index contributed by atoms with van der Waals surface area (Å²) in [4.78, 5) is 8.55. The number of rotatable bonds is 2. The van der Waals surface area contributed by atoms with E-state index in [4.69, 9.17) is 5.26 Å². The molecule has 1 atom stereocenters. The molecule has 1 saturated heterocycles. The largest absolute Gasteiger partial charge is 0.348 e. The van der Waals surface area contributed by atoms with Crippen LogP contribution in [-0.2, 0) is 0 Å². The molecule has 0 N–H and O–H groups in total. The molecule has 0 aromatic carbocycles. The lowest BCUT2D eigenvalue weighted by atomic mass is 10.2. The highest BCUT2D eigenvalue weighted by atomic mass is 32.2. The van der Waals surface area contributed by atoms with Gasteiger partial charge in [-0.3, -0.25) is 4.90 Å². The summed E-state index contributed by atoms with van der Waals surface area (Å²) in [6.07, 6.45) is 5.04. The van der Waals surface area contributed by atoms with E-state index < -0.39 is 0 Å². The topological polar surface area (TPSA) is 42.6 Å². The van der Waals surface area contributed by atoms with Gasteiger partial charge < -0.3 is 4.90 Å². The summed E-state index contributed by atoms with van der Waals surface area (Å²) in [5.74, 6) is 0. The summed E-state index contributed by atoms with van der Waals surface area (Å²) in [5.41, 5.74) is 0. The molecule has 0 aromatic heterocycles. The van der Waals surface area contributed by atoms with Crippen LogP contribution in [0, 0.1) is 11.5 Å². The average Bonchev–Trinajstić information content (AvgIpc) is 2.35. The first-order chi connectivity index (χ1) is 7.72. The molecule has 0 radical (unpaired) electrons. The van der Waals surface area contributed by atoms with E-state index in [1.807, 2.05) is 12.4 Å². The van der Waals surface area contributed by atoms with Crippen LogP contribution < -0.4 is 0 Å². The second-order valence-electron chi connectivity index (χ2n) is 3.98. The summed E-state index contributed by atoms with van der Waals surface area (Å²) < 4.78 is 0. The second kappa shape index (κ2) is 6.77. The summed E-state index contributed by atoms with van der Waals surface area (Å²) in [6, 6.07) is 0.660. The molecule has 16 heavy (non-hydrogen) atoms. The first kappa shape index (κ1) is 13.3. The van der Waals surface area contributed by atoms with Crippen molar-refractivity contribution in [1.29, 1.82) is 5.26 Å². The van der Waals surface area contributed by atoms with Gasteiger partial charge in [0.05, 0.1) is 0 Å². The van der Waals surface area contributed by atoms with Crippen LogP contribution >= 0.6 is 11.8 Å². The summed E-state index contributed by atoms with van der Waals surface area (Å²) in [7, 11) is 0. The van der Waals surface area contributed by atoms with Crippen molar-refractivity contribution in [3.63, 3.8) is 0 Å². The second-order valence-corrected chi connectivity index (χ2v) is 4.75. The van der Waals surface area contributed by atoms with Crippen LogP contribution in [0.2, 0.25) is 0 Å². The standard InChI is InChI=1S/C11H20N4S/c1-4-10(2)14-5-7-15(8-6-14)11(16-3)13-9-12/h10H,4-8H2,1-3H3. The van der Waals surface area contributed by atoms with Gasteiger partial charge in [-0.1, -0.05) is 18.7 Å². The van der Waals surface area contributed by atoms with E-state index in [1.54, 1.807) is 11.8 Å². The zero-order valence-corrected chi connectivity index (χ0v) is 11.1. The van der Waals surface area contributed by atoms with Crippen molar-refractivity contribution >= 4 is 16.9 Å². The molecule has 5 heteroatoms. The summed E-state index contributed by atoms with van der Waals surface area (Å²) in [5, 5.41) is 9.44. The summed E-state index contributed by atoms with van der Waals surface area (Å²) in [6.45, 7) is 8.59. The maximum Gasteiger partial charge on any atom is 0.208 e. The number of hydrogen-bond donors (Lipinski definition) is 0. The Morgan fingerprint density at radius 3 is 2.50 bits per heavy atom. The number of nitrogens with zero attached hydrogens (tertiary/aromatic N) is 4. The molecule has 0 bridgehead atoms. The van der Waals surface area contributed by atoms with E-state index in [0.717, 1.165) is 31.3 Å². The van der Waals surface area contributed by atoms with Gasteiger partial charge in [0.25, 0.3) is 0 Å². The van der Waals surface area contributed by atoms with Crippen LogP contribution in [0.15, 0.2) is 4.99 Å². The lowest BCUT2D eigenvalue weighted by Crippen LogP contribution is -2.50. The van der Waals surface area contributed by atoms with Crippen LogP contribution in [0.5, 0.6) is 0 Å². The first-order valence-electron chi connectivity index (χ1n) is 5.72. The molecule has 4 nitrogen and oxygen atoms in total. The molecule has 0 aromatic rings. The smallest absolute Gasteiger partial charge is 0.208 e. The fourth-order valence-corrected chi connectivity index (χ4v) is 2.47. The van der Waals surface area contributed by atoms with Gasteiger partial charge in [-0.2, -0.15) is 5.26 Å². The van der Waals surface area contributed by atoms with Gasteiger partial charge in [0.1, 0.15) is 0 Å². The van der Waals surface area contributed by atoms with Crippen LogP contribution in [0.1, 0.15) is 20.3 Å². The maximum atomic E-state index is 8.59. The van der Waals surface area contributed by atoms with E-state index in [-0.39, 0.29) is 0 Å². The van der Waals surface area contributed by atoms with Crippen LogP contribution in [0.3, 0.4) is 0 Å². The van der Waals surface area contributed by atoms with Crippen molar-refractivity contribution in [1.82, 2.24) is 9.80 Å². The van der Waals surface area contributed by atoms with Crippen LogP contribution in [-0.4, -0.2) is 53.4 Å². The van der Waals surface area contributed by atoms with Gasteiger partial charge in [-0.05, 0) is 19.6 Å². The van der Waals surface area contributed by atoms with Crippen molar-refractivity contribution in [3.8, 4) is 6.19 Å². The first-order valence-corrected chi connectivity index (χ1v) is 6.95. The van der Waals surface area contributed by atoms with E-state index >= 15 is 0 Å². The van der Waals surface area contributed by atoms with Crippen LogP contribution in [0.25, 0.3) is 0 Å². The number of hydrogen-bond acceptors (Lipinski definition) is 4. The molecular weight excluding hydrogens is 220 g/mol. The van der Waals surface area contributed by atoms with E-state index in [0.29, 0.717) is 6.04 Å². The molecular formula is C11H20N4S. The Kier molecular flexibility index (Phi) is 5.64. The fraction of sp³-hybridized carbons (Fsp3) is 0.818. The molecule has 1 fully saturated rings. The number of thioether (sulfide) groups is 1. The van der Waals surface area contributed by atoms with Gasteiger partial charge in [0.2, 0.25) is 6.19 Å². The van der Waals surface area contributed by atoms with Crippen molar-refractivity contribution in [2.24, 2.45) is 4.99 Å². The molecule has 1 unspecified atom stereocenters. The predicted octanol–water partition coefficient (Wildman–Crippen LogP) is 1.60. The molecule has 1 aliphatic heterocycles. The number of aliphatic imine (C=N–C) groups is 1. The van der Waals surface area contributed by atoms with Crippen molar-refractivity contribution in [2.75, 3.05) is 32.4 Å². The Morgan fingerprint density at radius 1 is 1.44 bits per heavy atom. The van der Waals surface area contributed by atoms with Gasteiger partial charge in [0.15, 0.2) is 5.17 Å². The number of nitriles is 1. The Morgan fingerprint density at radius 2 is 2.06 bits per heavy atom. The Hall–Kier alpha value is -0.730. The fourth-order valence-electron chi connectivity index (χ4n) is 1.90. The molecule has 1 rings (SSSR count). The minimum absolute atomic E-state index is 0.660. The minimum atomic E-state index is 0.660. The third-order valence-corrected chi connectivity index (χ3v) is 3.84. The van der Waals surface area contributed by atoms with E-state index in [2.05, 4.69) is 28.6 Å². The van der Waals surface area contributed by atoms with Crippen LogP contribution in [0.4, 0.5) is 0 Å². The normalized spacial score (nSPS) is 20.6. The third-order valence-electron chi connectivity index (χ3n) is 3.13. The summed E-state index contributed by atoms with van der Waals surface area (Å²) >= 11 is 1.55. The van der Waals surface area contributed by atoms with Crippen molar-refractivity contribution in [2.45, 2.75) is 26.3 Å². The van der Waals surface area contributed by atoms with Crippen molar-refractivity contribution < 1.29 is 0 Å². The highest BCUT2D eigenvalue weighted by molar-refractivity contribution is 8.13. The highest BCUT2D eigenvalue weighted by Crippen LogP contribution is 2.12. The third kappa shape index (κ3) is 3.39. The van der Waals surface area contributed by atoms with E-state index in [1.165, 1.54) is 6.42 Å². The number of piperazine rings is 1. The zero-order valence-electron chi connectivity index (χ0n) is 10.3. The van der Waals surface area contributed by atoms with Gasteiger partial charge >= 0.3 is 0 Å². The zero-order chi connectivity index (χ0) is 12.0. The van der Waals surface area contributed by atoms with Gasteiger partial charge in [0, 0.05) is 32.2 Å². The van der Waals surface area contributed by atoms with Gasteiger partial charge in [-0.15, -0.1) is 4.99 Å². The molecule has 1 aliphatic rings. The predicted molar refractivity (Wildman–Crippen MR) is 69.5 cm³/mol. The lowest BCUT2D eigenvalue weighted by Gasteiger charge is -2.38. The molecule has 1 heterocycles. The van der Waals surface area contributed by atoms with Gasteiger partial charge in [-0.25, -0.2) is 0 Å². The Bertz CT molecular complexity index is 276. The Balaban J connectivity index is 2.48. The molecule has 0 amide bonds. The highest BCUT2D eigenvalue weighted by Gasteiger charge is 2.21.